The maximum atomic E-state index is 5.96. The molecule has 1 aliphatic rings. The van der Waals surface area contributed by atoms with E-state index in [1.54, 1.807) is 18.9 Å². The van der Waals surface area contributed by atoms with Crippen LogP contribution in [-0.4, -0.2) is 46.4 Å². The van der Waals surface area contributed by atoms with Gasteiger partial charge in [0.15, 0.2) is 5.79 Å². The molecule has 2 rings (SSSR count). The molecule has 0 bridgehead atoms. The molecule has 4 nitrogen and oxygen atoms in total. The van der Waals surface area contributed by atoms with Crippen molar-refractivity contribution in [1.82, 2.24) is 0 Å². The topological polar surface area (TPSA) is 36.9 Å². The van der Waals surface area contributed by atoms with E-state index in [0.717, 1.165) is 31.4 Å². The number of thioether (sulfide) groups is 1. The van der Waals surface area contributed by atoms with Crippen LogP contribution in [0.1, 0.15) is 24.8 Å². The average Bonchev–Trinajstić information content (AvgIpc) is 3.04. The van der Waals surface area contributed by atoms with Gasteiger partial charge in [-0.3, -0.25) is 0 Å². The van der Waals surface area contributed by atoms with Crippen molar-refractivity contribution in [1.29, 1.82) is 0 Å². The van der Waals surface area contributed by atoms with Crippen molar-refractivity contribution in [3.63, 3.8) is 0 Å². The van der Waals surface area contributed by atoms with Gasteiger partial charge in [0.1, 0.15) is 0 Å². The fraction of sp³-hybridized carbons (Fsp3) is 0.647. The van der Waals surface area contributed by atoms with Gasteiger partial charge >= 0.3 is 0 Å². The molecular weight excluding hydrogens is 300 g/mol. The third kappa shape index (κ3) is 4.96. The summed E-state index contributed by atoms with van der Waals surface area (Å²) in [4.78, 5) is 1.25. The molecule has 124 valence electrons. The zero-order valence-electron chi connectivity index (χ0n) is 13.5. The van der Waals surface area contributed by atoms with Gasteiger partial charge in [0.05, 0.1) is 26.4 Å². The van der Waals surface area contributed by atoms with E-state index in [-0.39, 0.29) is 0 Å². The Bertz CT molecular complexity index is 415. The standard InChI is InChI=1S/C17H26O4S/c1-18-11-12-19-10-4-3-9-17(20-13-14-21-17)15-5-7-16(22-2)8-6-15/h5-8H,3-4,9-14H2,1-2H3. The lowest BCUT2D eigenvalue weighted by Gasteiger charge is -2.28. The van der Waals surface area contributed by atoms with Crippen LogP contribution in [0, 0.1) is 0 Å². The summed E-state index contributed by atoms with van der Waals surface area (Å²) in [6.45, 7) is 3.39. The molecule has 1 saturated heterocycles. The molecule has 0 aromatic heterocycles. The Hall–Kier alpha value is -0.590. The largest absolute Gasteiger partial charge is 0.382 e. The molecular formula is C17H26O4S. The van der Waals surface area contributed by atoms with Crippen LogP contribution in [0.25, 0.3) is 0 Å². The predicted molar refractivity (Wildman–Crippen MR) is 88.4 cm³/mol. The van der Waals surface area contributed by atoms with Crippen molar-refractivity contribution < 1.29 is 18.9 Å². The van der Waals surface area contributed by atoms with Crippen LogP contribution in [0.4, 0.5) is 0 Å². The Morgan fingerprint density at radius 1 is 1.05 bits per heavy atom. The molecule has 0 N–H and O–H groups in total. The fourth-order valence-corrected chi connectivity index (χ4v) is 2.97. The van der Waals surface area contributed by atoms with Crippen LogP contribution in [0.5, 0.6) is 0 Å². The van der Waals surface area contributed by atoms with Crippen molar-refractivity contribution in [3.8, 4) is 0 Å². The van der Waals surface area contributed by atoms with E-state index < -0.39 is 5.79 Å². The number of hydrogen-bond donors (Lipinski definition) is 0. The lowest BCUT2D eigenvalue weighted by molar-refractivity contribution is -0.172. The number of ether oxygens (including phenoxy) is 4. The molecule has 1 aliphatic heterocycles. The van der Waals surface area contributed by atoms with E-state index in [4.69, 9.17) is 18.9 Å². The highest BCUT2D eigenvalue weighted by Crippen LogP contribution is 2.37. The zero-order valence-corrected chi connectivity index (χ0v) is 14.3. The van der Waals surface area contributed by atoms with Crippen LogP contribution in [-0.2, 0) is 24.7 Å². The first-order valence-electron chi connectivity index (χ1n) is 7.80. The predicted octanol–water partition coefficient (Wildman–Crippen LogP) is 3.44. The monoisotopic (exact) mass is 326 g/mol. The highest BCUT2D eigenvalue weighted by molar-refractivity contribution is 7.98. The summed E-state index contributed by atoms with van der Waals surface area (Å²) in [5.41, 5.74) is 1.11. The molecule has 5 heteroatoms. The van der Waals surface area contributed by atoms with Gasteiger partial charge in [0, 0.05) is 30.6 Å². The first kappa shape index (κ1) is 17.8. The molecule has 0 atom stereocenters. The van der Waals surface area contributed by atoms with Crippen LogP contribution >= 0.6 is 11.8 Å². The molecule has 1 aromatic carbocycles. The molecule has 0 amide bonds. The Balaban J connectivity index is 1.83. The number of rotatable bonds is 10. The molecule has 22 heavy (non-hydrogen) atoms. The molecule has 0 saturated carbocycles. The minimum Gasteiger partial charge on any atom is -0.382 e. The summed E-state index contributed by atoms with van der Waals surface area (Å²) in [7, 11) is 1.68. The van der Waals surface area contributed by atoms with E-state index in [9.17, 15) is 0 Å². The van der Waals surface area contributed by atoms with Crippen molar-refractivity contribution in [2.45, 2.75) is 29.9 Å². The molecule has 0 unspecified atom stereocenters. The summed E-state index contributed by atoms with van der Waals surface area (Å²) in [6.07, 6.45) is 4.95. The third-order valence-electron chi connectivity index (χ3n) is 3.76. The van der Waals surface area contributed by atoms with Gasteiger partial charge in [0.25, 0.3) is 0 Å². The molecule has 0 radical (unpaired) electrons. The maximum Gasteiger partial charge on any atom is 0.194 e. The molecule has 0 aliphatic carbocycles. The second kappa shape index (κ2) is 9.53. The first-order valence-corrected chi connectivity index (χ1v) is 9.02. The van der Waals surface area contributed by atoms with E-state index >= 15 is 0 Å². The van der Waals surface area contributed by atoms with Gasteiger partial charge in [-0.25, -0.2) is 0 Å². The smallest absolute Gasteiger partial charge is 0.194 e. The molecule has 1 aromatic rings. The summed E-state index contributed by atoms with van der Waals surface area (Å²) in [6, 6.07) is 8.49. The van der Waals surface area contributed by atoms with Gasteiger partial charge in [-0.05, 0) is 31.2 Å². The Morgan fingerprint density at radius 3 is 2.41 bits per heavy atom. The SMILES string of the molecule is COCCOCCCCC1(c2ccc(SC)cc2)OCCO1. The van der Waals surface area contributed by atoms with Gasteiger partial charge in [-0.15, -0.1) is 11.8 Å². The fourth-order valence-electron chi connectivity index (χ4n) is 2.56. The normalized spacial score (nSPS) is 17.0. The van der Waals surface area contributed by atoms with Crippen LogP contribution in [0.2, 0.25) is 0 Å². The first-order chi connectivity index (χ1) is 10.8. The van der Waals surface area contributed by atoms with Crippen molar-refractivity contribution in [2.75, 3.05) is 46.4 Å². The van der Waals surface area contributed by atoms with Crippen LogP contribution in [0.15, 0.2) is 29.2 Å². The summed E-state index contributed by atoms with van der Waals surface area (Å²) in [5, 5.41) is 0. The highest BCUT2D eigenvalue weighted by atomic mass is 32.2. The summed E-state index contributed by atoms with van der Waals surface area (Å²) >= 11 is 1.74. The van der Waals surface area contributed by atoms with E-state index in [1.807, 2.05) is 0 Å². The maximum absolute atomic E-state index is 5.96. The van der Waals surface area contributed by atoms with Crippen LogP contribution in [0.3, 0.4) is 0 Å². The lowest BCUT2D eigenvalue weighted by Crippen LogP contribution is -2.27. The van der Waals surface area contributed by atoms with Gasteiger partial charge in [-0.1, -0.05) is 12.1 Å². The Labute approximate surface area is 137 Å². The quantitative estimate of drug-likeness (QED) is 0.486. The van der Waals surface area contributed by atoms with Crippen molar-refractivity contribution in [2.24, 2.45) is 0 Å². The highest BCUT2D eigenvalue weighted by Gasteiger charge is 2.37. The summed E-state index contributed by atoms with van der Waals surface area (Å²) in [5.74, 6) is -0.566. The minimum absolute atomic E-state index is 0.566. The Morgan fingerprint density at radius 2 is 1.77 bits per heavy atom. The van der Waals surface area contributed by atoms with E-state index in [2.05, 4.69) is 30.5 Å². The molecule has 0 spiro atoms. The van der Waals surface area contributed by atoms with Crippen LogP contribution < -0.4 is 0 Å². The zero-order chi connectivity index (χ0) is 15.7. The van der Waals surface area contributed by atoms with Gasteiger partial charge < -0.3 is 18.9 Å². The van der Waals surface area contributed by atoms with Gasteiger partial charge in [0.2, 0.25) is 0 Å². The number of methoxy groups -OCH3 is 1. The van der Waals surface area contributed by atoms with E-state index in [1.165, 1.54) is 4.90 Å². The second-order valence-electron chi connectivity index (χ2n) is 5.24. The molecule has 1 heterocycles. The minimum atomic E-state index is -0.566. The second-order valence-corrected chi connectivity index (χ2v) is 6.12. The number of hydrogen-bond acceptors (Lipinski definition) is 5. The van der Waals surface area contributed by atoms with Crippen molar-refractivity contribution in [3.05, 3.63) is 29.8 Å². The van der Waals surface area contributed by atoms with Gasteiger partial charge in [-0.2, -0.15) is 0 Å². The molecule has 1 fully saturated rings. The Kier molecular flexibility index (Phi) is 7.69. The summed E-state index contributed by atoms with van der Waals surface area (Å²) < 4.78 is 22.4. The average molecular weight is 326 g/mol. The lowest BCUT2D eigenvalue weighted by atomic mass is 9.99. The third-order valence-corrected chi connectivity index (χ3v) is 4.50. The number of unbranched alkanes of at least 4 members (excludes halogenated alkanes) is 1. The van der Waals surface area contributed by atoms with Crippen molar-refractivity contribution >= 4 is 11.8 Å². The van der Waals surface area contributed by atoms with E-state index in [0.29, 0.717) is 26.4 Å². The number of benzene rings is 1.